The van der Waals surface area contributed by atoms with Crippen molar-refractivity contribution in [1.29, 1.82) is 0 Å². The summed E-state index contributed by atoms with van der Waals surface area (Å²) in [4.78, 5) is 78.8. The predicted molar refractivity (Wildman–Crippen MR) is 202 cm³/mol. The smallest absolute Gasteiger partial charge is 0.320 e. The molecule has 18 nitrogen and oxygen atoms in total. The van der Waals surface area contributed by atoms with Gasteiger partial charge in [0.05, 0.1) is 59.3 Å². The molecule has 18 heteroatoms. The molecule has 2 amide bonds. The van der Waals surface area contributed by atoms with Crippen LogP contribution >= 0.6 is 0 Å². The molecule has 2 atom stereocenters. The number of allylic oxidation sites excluding steroid dienone is 2. The topological polar surface area (TPSA) is 228 Å². The van der Waals surface area contributed by atoms with Gasteiger partial charge >= 0.3 is 17.9 Å². The number of rotatable bonds is 24. The molecule has 314 valence electrons. The van der Waals surface area contributed by atoms with E-state index in [1.807, 2.05) is 11.8 Å². The zero-order valence-corrected chi connectivity index (χ0v) is 32.5. The van der Waals surface area contributed by atoms with Gasteiger partial charge in [-0.15, -0.1) is 0 Å². The normalized spacial score (nSPS) is 21.2. The molecule has 0 bridgehead atoms. The molecule has 2 rings (SSSR count). The Balaban J connectivity index is 1.68. The fourth-order valence-electron chi connectivity index (χ4n) is 6.52. The lowest BCUT2D eigenvalue weighted by atomic mass is 9.78. The van der Waals surface area contributed by atoms with Crippen LogP contribution in [0, 0.1) is 5.41 Å². The van der Waals surface area contributed by atoms with Crippen molar-refractivity contribution in [3.05, 3.63) is 12.2 Å². The van der Waals surface area contributed by atoms with Gasteiger partial charge in [0.1, 0.15) is 12.3 Å². The molecule has 0 spiro atoms. The summed E-state index contributed by atoms with van der Waals surface area (Å²) in [5, 5.41) is 34.7. The van der Waals surface area contributed by atoms with Crippen molar-refractivity contribution in [2.75, 3.05) is 125 Å². The third kappa shape index (κ3) is 21.4. The first kappa shape index (κ1) is 47.6. The molecule has 1 unspecified atom stereocenters. The summed E-state index contributed by atoms with van der Waals surface area (Å²) in [5.74, 6) is -3.49. The maximum absolute atomic E-state index is 12.7. The van der Waals surface area contributed by atoms with E-state index in [1.165, 1.54) is 0 Å². The molecule has 0 radical (unpaired) electrons. The predicted octanol–water partition coefficient (Wildman–Crippen LogP) is -0.382. The molecule has 55 heavy (non-hydrogen) atoms. The maximum atomic E-state index is 12.7. The van der Waals surface area contributed by atoms with Crippen LogP contribution in [0.15, 0.2) is 12.2 Å². The highest BCUT2D eigenvalue weighted by atomic mass is 16.5. The second-order valence-corrected chi connectivity index (χ2v) is 14.1. The number of hydrogen-bond donors (Lipinski definition) is 5. The van der Waals surface area contributed by atoms with E-state index in [-0.39, 0.29) is 89.0 Å². The van der Waals surface area contributed by atoms with Crippen molar-refractivity contribution in [2.24, 2.45) is 5.41 Å². The quantitative estimate of drug-likeness (QED) is 0.0478. The first-order chi connectivity index (χ1) is 26.4. The molecule has 1 heterocycles. The van der Waals surface area contributed by atoms with E-state index in [0.717, 1.165) is 38.4 Å². The Morgan fingerprint density at radius 2 is 1.22 bits per heavy atom. The van der Waals surface area contributed by atoms with E-state index in [2.05, 4.69) is 22.8 Å². The van der Waals surface area contributed by atoms with Crippen LogP contribution in [0.5, 0.6) is 0 Å². The van der Waals surface area contributed by atoms with Crippen LogP contribution < -0.4 is 10.6 Å². The highest BCUT2D eigenvalue weighted by molar-refractivity contribution is 5.82. The molecule has 1 fully saturated rings. The summed E-state index contributed by atoms with van der Waals surface area (Å²) in [6.07, 6.45) is 9.66. The van der Waals surface area contributed by atoms with Gasteiger partial charge in [-0.3, -0.25) is 43.6 Å². The number of carboxylic acid groups (broad SMARTS) is 3. The van der Waals surface area contributed by atoms with Crippen molar-refractivity contribution in [1.82, 2.24) is 30.2 Å². The Hall–Kier alpha value is -3.52. The number of ether oxygens (including phenoxy) is 3. The SMILES string of the molecule is C[C@@]1(C(=O)NCCOCCOCCOCCNC(=O)CCC(C(=O)O)N2CCN(CC(=O)O)CCN(CC=O)CCN(CC(=O)O)CC2)CC/C=C/CCC1. The highest BCUT2D eigenvalue weighted by Crippen LogP contribution is 2.32. The standard InChI is InChI=1S/C37H64N6O12/c1-37(9-5-3-2-4-6-10-37)36(52)39-12-24-54-26-28-55-27-25-53-23-11-38-32(45)8-7-31(35(50)51)43-19-17-41(29-33(46)47)15-13-40(21-22-44)14-16-42(18-20-43)30-34(48)49/h2-3,22,31H,4-21,23-30H2,1H3,(H,38,45)(H,39,52)(H,46,47)(H,48,49)(H,50,51)/b3-2+/t31?,37-/m1/s1. The number of carbonyl (C=O) groups excluding carboxylic acids is 3. The fourth-order valence-corrected chi connectivity index (χ4v) is 6.52. The average molecular weight is 785 g/mol. The zero-order chi connectivity index (χ0) is 40.3. The lowest BCUT2D eigenvalue weighted by Crippen LogP contribution is -2.51. The number of hydrogen-bond acceptors (Lipinski definition) is 13. The minimum Gasteiger partial charge on any atom is -0.480 e. The Labute approximate surface area is 324 Å². The summed E-state index contributed by atoms with van der Waals surface area (Å²) in [6.45, 7) is 6.50. The van der Waals surface area contributed by atoms with Crippen LogP contribution in [0.2, 0.25) is 0 Å². The molecular formula is C37H64N6O12. The van der Waals surface area contributed by atoms with Crippen LogP contribution in [0.1, 0.15) is 51.9 Å². The third-order valence-corrected chi connectivity index (χ3v) is 9.81. The van der Waals surface area contributed by atoms with Crippen molar-refractivity contribution in [2.45, 2.75) is 57.9 Å². The number of carbonyl (C=O) groups is 6. The van der Waals surface area contributed by atoms with Gasteiger partial charge < -0.3 is 45.0 Å². The highest BCUT2D eigenvalue weighted by Gasteiger charge is 2.32. The van der Waals surface area contributed by atoms with Gasteiger partial charge in [-0.1, -0.05) is 19.1 Å². The van der Waals surface area contributed by atoms with Crippen LogP contribution in [0.4, 0.5) is 0 Å². The first-order valence-electron chi connectivity index (χ1n) is 19.4. The molecule has 0 aromatic heterocycles. The Morgan fingerprint density at radius 3 is 1.76 bits per heavy atom. The van der Waals surface area contributed by atoms with Gasteiger partial charge in [-0.25, -0.2) is 0 Å². The van der Waals surface area contributed by atoms with E-state index < -0.39 is 23.9 Å². The van der Waals surface area contributed by atoms with Crippen LogP contribution in [0.3, 0.4) is 0 Å². The Kier molecular flexibility index (Phi) is 24.2. The van der Waals surface area contributed by atoms with Crippen molar-refractivity contribution < 1.29 is 58.3 Å². The van der Waals surface area contributed by atoms with Gasteiger partial charge in [0.15, 0.2) is 0 Å². The van der Waals surface area contributed by atoms with E-state index in [1.54, 1.807) is 14.7 Å². The zero-order valence-electron chi connectivity index (χ0n) is 32.5. The fraction of sp³-hybridized carbons (Fsp3) is 0.784. The second kappa shape index (κ2) is 28.0. The molecule has 1 saturated heterocycles. The molecule has 5 N–H and O–H groups in total. The number of nitrogens with zero attached hydrogens (tertiary/aromatic N) is 4. The van der Waals surface area contributed by atoms with Gasteiger partial charge in [-0.2, -0.15) is 0 Å². The van der Waals surface area contributed by atoms with Crippen LogP contribution in [0.25, 0.3) is 0 Å². The van der Waals surface area contributed by atoms with Crippen molar-refractivity contribution >= 4 is 36.0 Å². The lowest BCUT2D eigenvalue weighted by molar-refractivity contribution is -0.145. The lowest BCUT2D eigenvalue weighted by Gasteiger charge is -2.35. The minimum absolute atomic E-state index is 0.00746. The van der Waals surface area contributed by atoms with E-state index in [4.69, 9.17) is 14.2 Å². The van der Waals surface area contributed by atoms with Gasteiger partial charge in [-0.05, 0) is 38.5 Å². The minimum atomic E-state index is -1.14. The number of amides is 2. The summed E-state index contributed by atoms with van der Waals surface area (Å²) < 4.78 is 16.6. The first-order valence-corrected chi connectivity index (χ1v) is 19.4. The summed E-state index contributed by atoms with van der Waals surface area (Å²) in [6, 6.07) is -1.06. The summed E-state index contributed by atoms with van der Waals surface area (Å²) >= 11 is 0. The number of carboxylic acids is 3. The molecule has 0 saturated carbocycles. The number of aliphatic carboxylic acids is 3. The van der Waals surface area contributed by atoms with Gasteiger partial charge in [0, 0.05) is 77.3 Å². The molecule has 1 aliphatic heterocycles. The summed E-state index contributed by atoms with van der Waals surface area (Å²) in [5.41, 5.74) is -0.345. The van der Waals surface area contributed by atoms with Crippen molar-refractivity contribution in [3.8, 4) is 0 Å². The molecule has 1 aliphatic carbocycles. The Morgan fingerprint density at radius 1 is 0.709 bits per heavy atom. The van der Waals surface area contributed by atoms with Crippen LogP contribution in [-0.2, 0) is 43.0 Å². The van der Waals surface area contributed by atoms with Crippen molar-refractivity contribution in [3.63, 3.8) is 0 Å². The maximum Gasteiger partial charge on any atom is 0.320 e. The largest absolute Gasteiger partial charge is 0.480 e. The molecular weight excluding hydrogens is 720 g/mol. The van der Waals surface area contributed by atoms with E-state index in [0.29, 0.717) is 65.8 Å². The molecule has 0 aromatic carbocycles. The summed E-state index contributed by atoms with van der Waals surface area (Å²) in [7, 11) is 0. The molecule has 2 aliphatic rings. The van der Waals surface area contributed by atoms with Crippen LogP contribution in [-0.4, -0.2) is 202 Å². The van der Waals surface area contributed by atoms with E-state index >= 15 is 0 Å². The average Bonchev–Trinajstić information content (AvgIpc) is 3.12. The second-order valence-electron chi connectivity index (χ2n) is 14.1. The third-order valence-electron chi connectivity index (χ3n) is 9.81. The Bertz CT molecular complexity index is 1180. The van der Waals surface area contributed by atoms with E-state index in [9.17, 15) is 44.1 Å². The van der Waals surface area contributed by atoms with Gasteiger partial charge in [0.2, 0.25) is 11.8 Å². The number of nitrogens with one attached hydrogen (secondary N) is 2. The van der Waals surface area contributed by atoms with Gasteiger partial charge in [0.25, 0.3) is 0 Å². The number of aldehydes is 1. The molecule has 0 aromatic rings. The monoisotopic (exact) mass is 784 g/mol.